The number of piperidine rings is 1. The molecule has 0 saturated carbocycles. The van der Waals surface area contributed by atoms with E-state index >= 15 is 0 Å². The van der Waals surface area contributed by atoms with Crippen LogP contribution in [0.3, 0.4) is 0 Å². The first-order chi connectivity index (χ1) is 10.1. The third-order valence-corrected chi connectivity index (χ3v) is 4.55. The van der Waals surface area contributed by atoms with E-state index < -0.39 is 0 Å². The van der Waals surface area contributed by atoms with Crippen molar-refractivity contribution in [2.45, 2.75) is 38.8 Å². The number of halogens is 1. The maximum absolute atomic E-state index is 13.1. The topological polar surface area (TPSA) is 26.7 Å². The first-order valence-electron chi connectivity index (χ1n) is 7.88. The van der Waals surface area contributed by atoms with Gasteiger partial charge in [0.05, 0.1) is 0 Å². The molecular formula is C17H27FN2O. The van der Waals surface area contributed by atoms with Gasteiger partial charge in [0.25, 0.3) is 0 Å². The van der Waals surface area contributed by atoms with Crippen molar-refractivity contribution in [1.29, 1.82) is 0 Å². The van der Waals surface area contributed by atoms with E-state index in [0.29, 0.717) is 6.04 Å². The molecule has 0 radical (unpaired) electrons. The second-order valence-corrected chi connectivity index (χ2v) is 6.14. The Labute approximate surface area is 127 Å². The first kappa shape index (κ1) is 16.4. The number of aliphatic hydroxyl groups is 1. The molecule has 0 atom stereocenters. The maximum Gasteiger partial charge on any atom is 0.123 e. The summed E-state index contributed by atoms with van der Waals surface area (Å²) in [5, 5.41) is 8.90. The molecule has 0 spiro atoms. The standard InChI is InChI=1S/C17H27FN2O/c1-14-12-16(18)5-4-15(14)13-20-9-6-17(7-10-20)19(2)8-3-11-21/h4-5,12,17,21H,3,6-11,13H2,1-2H3. The Kier molecular flexibility index (Phi) is 6.15. The molecule has 1 heterocycles. The fraction of sp³-hybridized carbons (Fsp3) is 0.647. The van der Waals surface area contributed by atoms with E-state index in [1.165, 1.54) is 18.4 Å². The summed E-state index contributed by atoms with van der Waals surface area (Å²) in [6.07, 6.45) is 3.19. The monoisotopic (exact) mass is 294 g/mol. The summed E-state index contributed by atoms with van der Waals surface area (Å²) in [6, 6.07) is 5.70. The van der Waals surface area contributed by atoms with Gasteiger partial charge in [-0.2, -0.15) is 0 Å². The highest BCUT2D eigenvalue weighted by atomic mass is 19.1. The molecule has 4 heteroatoms. The van der Waals surface area contributed by atoms with Gasteiger partial charge < -0.3 is 10.0 Å². The molecule has 1 aromatic rings. The fourth-order valence-electron chi connectivity index (χ4n) is 3.10. The zero-order valence-electron chi connectivity index (χ0n) is 13.2. The summed E-state index contributed by atoms with van der Waals surface area (Å²) in [7, 11) is 2.15. The highest BCUT2D eigenvalue weighted by Crippen LogP contribution is 2.19. The van der Waals surface area contributed by atoms with Crippen LogP contribution in [0.15, 0.2) is 18.2 Å². The maximum atomic E-state index is 13.1. The van der Waals surface area contributed by atoms with E-state index in [2.05, 4.69) is 16.8 Å². The third kappa shape index (κ3) is 4.77. The van der Waals surface area contributed by atoms with Crippen LogP contribution >= 0.6 is 0 Å². The van der Waals surface area contributed by atoms with Crippen LogP contribution in [0.2, 0.25) is 0 Å². The van der Waals surface area contributed by atoms with Crippen molar-refractivity contribution in [3.8, 4) is 0 Å². The Morgan fingerprint density at radius 1 is 1.33 bits per heavy atom. The minimum Gasteiger partial charge on any atom is -0.396 e. The van der Waals surface area contributed by atoms with E-state index in [4.69, 9.17) is 5.11 Å². The molecule has 1 aromatic carbocycles. The van der Waals surface area contributed by atoms with Crippen molar-refractivity contribution >= 4 is 0 Å². The van der Waals surface area contributed by atoms with Gasteiger partial charge in [0.2, 0.25) is 0 Å². The van der Waals surface area contributed by atoms with Crippen LogP contribution in [0, 0.1) is 12.7 Å². The highest BCUT2D eigenvalue weighted by molar-refractivity contribution is 5.26. The minimum absolute atomic E-state index is 0.152. The Hall–Kier alpha value is -0.970. The molecule has 0 unspecified atom stereocenters. The number of nitrogens with zero attached hydrogens (tertiary/aromatic N) is 2. The van der Waals surface area contributed by atoms with Crippen LogP contribution in [0.5, 0.6) is 0 Å². The number of aryl methyl sites for hydroxylation is 1. The van der Waals surface area contributed by atoms with Crippen molar-refractivity contribution in [2.75, 3.05) is 33.3 Å². The van der Waals surface area contributed by atoms with Crippen molar-refractivity contribution in [3.63, 3.8) is 0 Å². The number of aliphatic hydroxyl groups excluding tert-OH is 1. The van der Waals surface area contributed by atoms with Crippen LogP contribution in [0.1, 0.15) is 30.4 Å². The molecule has 0 bridgehead atoms. The van der Waals surface area contributed by atoms with Gasteiger partial charge in [0, 0.05) is 25.7 Å². The average molecular weight is 294 g/mol. The molecule has 3 nitrogen and oxygen atoms in total. The van der Waals surface area contributed by atoms with Gasteiger partial charge in [0.1, 0.15) is 5.82 Å². The third-order valence-electron chi connectivity index (χ3n) is 4.55. The second-order valence-electron chi connectivity index (χ2n) is 6.14. The lowest BCUT2D eigenvalue weighted by Gasteiger charge is -2.37. The largest absolute Gasteiger partial charge is 0.396 e. The van der Waals surface area contributed by atoms with Gasteiger partial charge in [-0.25, -0.2) is 4.39 Å². The zero-order valence-corrected chi connectivity index (χ0v) is 13.2. The van der Waals surface area contributed by atoms with Crippen LogP contribution in [0.25, 0.3) is 0 Å². The lowest BCUT2D eigenvalue weighted by molar-refractivity contribution is 0.117. The van der Waals surface area contributed by atoms with Crippen LogP contribution in [-0.2, 0) is 6.54 Å². The quantitative estimate of drug-likeness (QED) is 0.873. The highest BCUT2D eigenvalue weighted by Gasteiger charge is 2.22. The SMILES string of the molecule is Cc1cc(F)ccc1CN1CCC(N(C)CCCO)CC1. The molecule has 21 heavy (non-hydrogen) atoms. The second kappa shape index (κ2) is 7.87. The van der Waals surface area contributed by atoms with E-state index in [0.717, 1.165) is 38.2 Å². The van der Waals surface area contributed by atoms with Crippen LogP contribution in [-0.4, -0.2) is 54.2 Å². The van der Waals surface area contributed by atoms with Gasteiger partial charge in [-0.1, -0.05) is 6.07 Å². The molecule has 2 rings (SSSR count). The molecular weight excluding hydrogens is 267 g/mol. The predicted molar refractivity (Wildman–Crippen MR) is 83.8 cm³/mol. The Balaban J connectivity index is 1.81. The van der Waals surface area contributed by atoms with Gasteiger partial charge in [-0.05, 0) is 69.6 Å². The number of likely N-dealkylation sites (tertiary alicyclic amines) is 1. The fourth-order valence-corrected chi connectivity index (χ4v) is 3.10. The Morgan fingerprint density at radius 3 is 2.67 bits per heavy atom. The molecule has 0 aliphatic carbocycles. The molecule has 118 valence electrons. The summed E-state index contributed by atoms with van der Waals surface area (Å²) in [5.41, 5.74) is 2.26. The Bertz CT molecular complexity index is 444. The molecule has 0 amide bonds. The predicted octanol–water partition coefficient (Wildman–Crippen LogP) is 2.41. The van der Waals surface area contributed by atoms with Gasteiger partial charge in [0.15, 0.2) is 0 Å². The van der Waals surface area contributed by atoms with Crippen molar-refractivity contribution in [2.24, 2.45) is 0 Å². The normalized spacial score (nSPS) is 17.6. The minimum atomic E-state index is -0.152. The summed E-state index contributed by atoms with van der Waals surface area (Å²) in [6.45, 7) is 6.31. The van der Waals surface area contributed by atoms with Gasteiger partial charge in [-0.15, -0.1) is 0 Å². The molecule has 1 aliphatic rings. The number of benzene rings is 1. The van der Waals surface area contributed by atoms with Crippen molar-refractivity contribution in [3.05, 3.63) is 35.1 Å². The number of hydrogen-bond acceptors (Lipinski definition) is 3. The van der Waals surface area contributed by atoms with Gasteiger partial charge >= 0.3 is 0 Å². The lowest BCUT2D eigenvalue weighted by Crippen LogP contribution is -2.43. The molecule has 1 aliphatic heterocycles. The summed E-state index contributed by atoms with van der Waals surface area (Å²) in [5.74, 6) is -0.152. The van der Waals surface area contributed by atoms with E-state index in [1.54, 1.807) is 12.1 Å². The van der Waals surface area contributed by atoms with Crippen molar-refractivity contribution < 1.29 is 9.50 Å². The van der Waals surface area contributed by atoms with E-state index in [-0.39, 0.29) is 12.4 Å². The van der Waals surface area contributed by atoms with Crippen LogP contribution < -0.4 is 0 Å². The van der Waals surface area contributed by atoms with Crippen molar-refractivity contribution in [1.82, 2.24) is 9.80 Å². The summed E-state index contributed by atoms with van der Waals surface area (Å²) in [4.78, 5) is 4.83. The zero-order chi connectivity index (χ0) is 15.2. The lowest BCUT2D eigenvalue weighted by atomic mass is 10.0. The first-order valence-corrected chi connectivity index (χ1v) is 7.88. The molecule has 1 saturated heterocycles. The summed E-state index contributed by atoms with van der Waals surface area (Å²) >= 11 is 0. The molecule has 1 N–H and O–H groups in total. The van der Waals surface area contributed by atoms with E-state index in [9.17, 15) is 4.39 Å². The smallest absolute Gasteiger partial charge is 0.123 e. The number of hydrogen-bond donors (Lipinski definition) is 1. The summed E-state index contributed by atoms with van der Waals surface area (Å²) < 4.78 is 13.1. The average Bonchev–Trinajstić information content (AvgIpc) is 2.48. The molecule has 0 aromatic heterocycles. The van der Waals surface area contributed by atoms with Crippen LogP contribution in [0.4, 0.5) is 4.39 Å². The molecule has 1 fully saturated rings. The Morgan fingerprint density at radius 2 is 2.05 bits per heavy atom. The number of rotatable bonds is 6. The van der Waals surface area contributed by atoms with Gasteiger partial charge in [-0.3, -0.25) is 4.90 Å². The van der Waals surface area contributed by atoms with E-state index in [1.807, 2.05) is 13.0 Å².